The van der Waals surface area contributed by atoms with Crippen molar-refractivity contribution in [3.63, 3.8) is 0 Å². The van der Waals surface area contributed by atoms with Crippen LogP contribution in [0.4, 0.5) is 0 Å². The van der Waals surface area contributed by atoms with E-state index < -0.39 is 0 Å². The summed E-state index contributed by atoms with van der Waals surface area (Å²) in [5.74, 6) is 1.05. The van der Waals surface area contributed by atoms with Crippen LogP contribution in [0, 0.1) is 11.8 Å². The number of nitrogens with zero attached hydrogens (tertiary/aromatic N) is 12. The van der Waals surface area contributed by atoms with Gasteiger partial charge >= 0.3 is 17.1 Å². The first-order valence-corrected chi connectivity index (χ1v) is 29.5. The van der Waals surface area contributed by atoms with E-state index in [-0.39, 0.29) is 87.6 Å². The van der Waals surface area contributed by atoms with Crippen LogP contribution in [0.25, 0.3) is 63.8 Å². The van der Waals surface area contributed by atoms with E-state index in [1.165, 1.54) is 0 Å². The molecule has 0 bridgehead atoms. The third kappa shape index (κ3) is 84.0. The Morgan fingerprint density at radius 1 is 0.200 bits per heavy atom. The van der Waals surface area contributed by atoms with Gasteiger partial charge in [0.2, 0.25) is 0 Å². The summed E-state index contributed by atoms with van der Waals surface area (Å²) in [6.07, 6.45) is 10.3. The van der Waals surface area contributed by atoms with Crippen LogP contribution in [0.2, 0.25) is 0 Å². The SMILES string of the molecule is CC(C)[N-]C([N-]C(C)C)C(C)C.CC(C)[N-]C([N-]C(C)C)C(C)C.CCCC([N-]C(C)C)[N-]C(C)C.CCCC([N-]C(C)C)[N-]C(C)C.CCCC([N-]C(C)C)[N-]C(C)C.CCCC([N-]C(C)C)[N-]C(C)C.[Co].[Co].[Fe+4]. The van der Waals surface area contributed by atoms with E-state index in [2.05, 4.69) is 285 Å². The molecule has 0 saturated carbocycles. The largest absolute Gasteiger partial charge is 4.00 e. The molecule has 0 atom stereocenters. The minimum absolute atomic E-state index is 0. The van der Waals surface area contributed by atoms with Crippen LogP contribution in [-0.2, 0) is 50.6 Å². The zero-order valence-corrected chi connectivity index (χ0v) is 58.8. The van der Waals surface area contributed by atoms with Crippen molar-refractivity contribution in [3.05, 3.63) is 63.8 Å². The molecule has 0 fully saturated rings. The van der Waals surface area contributed by atoms with E-state index in [1.807, 2.05) is 0 Å². The molecular formula is C60H132Co2FeN12-8. The van der Waals surface area contributed by atoms with Crippen LogP contribution in [-0.4, -0.2) is 109 Å². The molecule has 0 heterocycles. The van der Waals surface area contributed by atoms with Crippen LogP contribution < -0.4 is 0 Å². The van der Waals surface area contributed by atoms with Crippen LogP contribution in [0.15, 0.2) is 0 Å². The van der Waals surface area contributed by atoms with Gasteiger partial charge < -0.3 is 63.8 Å². The fourth-order valence-corrected chi connectivity index (χ4v) is 6.52. The first-order valence-electron chi connectivity index (χ1n) is 29.5. The normalized spacial score (nSPS) is 11.7. The summed E-state index contributed by atoms with van der Waals surface area (Å²) in [6, 6.07) is 4.81. The average Bonchev–Trinajstić information content (AvgIpc) is 3.16. The van der Waals surface area contributed by atoms with Crippen molar-refractivity contribution in [1.82, 2.24) is 0 Å². The molecule has 0 unspecified atom stereocenters. The molecule has 15 heteroatoms. The Hall–Kier alpha value is 1.05. The van der Waals surface area contributed by atoms with Gasteiger partial charge in [0, 0.05) is 33.6 Å². The second kappa shape index (κ2) is 62.6. The number of rotatable bonds is 34. The number of hydrogen-bond acceptors (Lipinski definition) is 0. The predicted octanol–water partition coefficient (Wildman–Crippen LogP) is 21.8. The Morgan fingerprint density at radius 3 is 0.373 bits per heavy atom. The first kappa shape index (κ1) is 95.3. The van der Waals surface area contributed by atoms with Gasteiger partial charge in [0.25, 0.3) is 0 Å². The molecule has 12 nitrogen and oxygen atoms in total. The van der Waals surface area contributed by atoms with E-state index in [0.717, 1.165) is 51.4 Å². The van der Waals surface area contributed by atoms with Gasteiger partial charge in [0.1, 0.15) is 0 Å². The summed E-state index contributed by atoms with van der Waals surface area (Å²) < 4.78 is 0. The Balaban J connectivity index is -0.0000000988. The first-order chi connectivity index (χ1) is 33.1. The summed E-state index contributed by atoms with van der Waals surface area (Å²) in [6.45, 7) is 68.0. The fourth-order valence-electron chi connectivity index (χ4n) is 6.52. The molecule has 0 aromatic carbocycles. The Bertz CT molecular complexity index is 859. The maximum atomic E-state index is 4.55. The average molecular weight is 1200 g/mol. The van der Waals surface area contributed by atoms with Crippen molar-refractivity contribution in [2.75, 3.05) is 0 Å². The topological polar surface area (TPSA) is 169 Å². The van der Waals surface area contributed by atoms with Crippen LogP contribution in [0.3, 0.4) is 0 Å². The summed E-state index contributed by atoms with van der Waals surface area (Å²) in [5.41, 5.74) is 0. The Kier molecular flexibility index (Phi) is 79.6. The second-order valence-corrected chi connectivity index (χ2v) is 23.3. The van der Waals surface area contributed by atoms with Crippen molar-refractivity contribution in [2.45, 2.75) is 382 Å². The number of hydrogen-bond donors (Lipinski definition) is 0. The van der Waals surface area contributed by atoms with E-state index in [9.17, 15) is 0 Å². The molecule has 75 heavy (non-hydrogen) atoms. The van der Waals surface area contributed by atoms with Crippen molar-refractivity contribution < 1.29 is 50.6 Å². The monoisotopic (exact) mass is 1190 g/mol. The summed E-state index contributed by atoms with van der Waals surface area (Å²) in [4.78, 5) is 0. The van der Waals surface area contributed by atoms with Gasteiger partial charge in [-0.2, -0.15) is 0 Å². The van der Waals surface area contributed by atoms with Gasteiger partial charge in [-0.15, -0.1) is 72.5 Å². The van der Waals surface area contributed by atoms with Gasteiger partial charge in [0.15, 0.2) is 0 Å². The Morgan fingerprint density at radius 2 is 0.307 bits per heavy atom. The minimum atomic E-state index is 0. The van der Waals surface area contributed by atoms with Crippen molar-refractivity contribution in [1.29, 1.82) is 0 Å². The van der Waals surface area contributed by atoms with Gasteiger partial charge in [-0.1, -0.05) is 285 Å². The Labute approximate surface area is 505 Å². The van der Waals surface area contributed by atoms with Crippen molar-refractivity contribution in [3.8, 4) is 0 Å². The maximum Gasteiger partial charge on any atom is 4.00 e. The van der Waals surface area contributed by atoms with Crippen LogP contribution in [0.1, 0.15) is 273 Å². The van der Waals surface area contributed by atoms with Crippen LogP contribution in [0.5, 0.6) is 0 Å². The van der Waals surface area contributed by atoms with Crippen LogP contribution >= 0.6 is 0 Å². The third-order valence-corrected chi connectivity index (χ3v) is 8.95. The second-order valence-electron chi connectivity index (χ2n) is 23.3. The molecular weight excluding hydrogens is 1060 g/mol. The molecule has 2 radical (unpaired) electrons. The molecule has 0 aliphatic rings. The predicted molar refractivity (Wildman–Crippen MR) is 334 cm³/mol. The summed E-state index contributed by atoms with van der Waals surface area (Å²) >= 11 is 0. The maximum absolute atomic E-state index is 4.55. The molecule has 0 amide bonds. The smallest absolute Gasteiger partial charge is 0.676 e. The molecule has 466 valence electrons. The third-order valence-electron chi connectivity index (χ3n) is 8.95. The quantitative estimate of drug-likeness (QED) is 0.0560. The van der Waals surface area contributed by atoms with Gasteiger partial charge in [-0.25, -0.2) is 37.0 Å². The van der Waals surface area contributed by atoms with E-state index >= 15 is 0 Å². The van der Waals surface area contributed by atoms with E-state index in [4.69, 9.17) is 0 Å². The standard InChI is InChI=1S/6C10H22N2.2Co.Fe/c2*1-7(2)10(11-8(3)4)12-9(5)6;4*1-6-7-10(11-8(2)3)12-9(4)5;;;/h2*7-10H,1-6H3;4*8-10H,6-7H2,1-5H3;;;/q6*-2;;;+4. The van der Waals surface area contributed by atoms with Gasteiger partial charge in [-0.05, 0) is 0 Å². The molecule has 0 saturated heterocycles. The molecule has 0 aromatic rings. The zero-order chi connectivity index (χ0) is 57.7. The molecule has 0 aromatic heterocycles. The molecule has 0 rings (SSSR count). The van der Waals surface area contributed by atoms with Gasteiger partial charge in [-0.3, -0.25) is 0 Å². The summed E-state index contributed by atoms with van der Waals surface area (Å²) in [7, 11) is 0. The molecule has 0 aliphatic heterocycles. The van der Waals surface area contributed by atoms with Gasteiger partial charge in [0.05, 0.1) is 0 Å². The fraction of sp³-hybridized carbons (Fsp3) is 1.00. The van der Waals surface area contributed by atoms with Crippen molar-refractivity contribution >= 4 is 0 Å². The molecule has 0 spiro atoms. The zero-order valence-electron chi connectivity index (χ0n) is 55.6. The minimum Gasteiger partial charge on any atom is -0.676 e. The molecule has 0 aliphatic carbocycles. The van der Waals surface area contributed by atoms with Crippen molar-refractivity contribution in [2.24, 2.45) is 11.8 Å². The van der Waals surface area contributed by atoms with E-state index in [0.29, 0.717) is 84.3 Å². The van der Waals surface area contributed by atoms with E-state index in [1.54, 1.807) is 0 Å². The summed E-state index contributed by atoms with van der Waals surface area (Å²) in [5, 5.41) is 54.5. The molecule has 0 N–H and O–H groups in total.